The lowest BCUT2D eigenvalue weighted by Gasteiger charge is -2.30. The Labute approximate surface area is 116 Å². The number of nitrogens with zero attached hydrogens (tertiary/aromatic N) is 2. The maximum absolute atomic E-state index is 12.6. The topological polar surface area (TPSA) is 67.3 Å². The van der Waals surface area contributed by atoms with E-state index in [0.29, 0.717) is 19.4 Å². The van der Waals surface area contributed by atoms with E-state index >= 15 is 0 Å². The van der Waals surface area contributed by atoms with E-state index in [-0.39, 0.29) is 5.91 Å². The molecule has 5 nitrogen and oxygen atoms in total. The van der Waals surface area contributed by atoms with Crippen LogP contribution in [-0.4, -0.2) is 42.6 Å². The smallest absolute Gasteiger partial charge is 0.248 e. The van der Waals surface area contributed by atoms with Crippen LogP contribution in [0.25, 0.3) is 0 Å². The number of aromatic nitrogens is 1. The highest BCUT2D eigenvalue weighted by Gasteiger charge is 2.60. The molecule has 1 aromatic rings. The SMILES string of the molecule is CS(=O)(=O)C1(C(=O)N2CCSc3ncccc32)CC1. The Morgan fingerprint density at radius 3 is 2.84 bits per heavy atom. The van der Waals surface area contributed by atoms with E-state index in [1.54, 1.807) is 28.9 Å². The van der Waals surface area contributed by atoms with E-state index in [1.807, 2.05) is 6.07 Å². The lowest BCUT2D eigenvalue weighted by molar-refractivity contribution is -0.118. The van der Waals surface area contributed by atoms with E-state index in [0.717, 1.165) is 22.7 Å². The van der Waals surface area contributed by atoms with Gasteiger partial charge in [-0.05, 0) is 25.0 Å². The molecule has 0 radical (unpaired) electrons. The normalized spacial score (nSPS) is 20.8. The van der Waals surface area contributed by atoms with Gasteiger partial charge in [-0.3, -0.25) is 4.79 Å². The van der Waals surface area contributed by atoms with Crippen LogP contribution in [0, 0.1) is 0 Å². The van der Waals surface area contributed by atoms with E-state index in [9.17, 15) is 13.2 Å². The number of hydrogen-bond acceptors (Lipinski definition) is 5. The van der Waals surface area contributed by atoms with E-state index in [1.165, 1.54) is 0 Å². The standard InChI is InChI=1S/C12H14N2O3S2/c1-19(16,17)12(4-5-12)11(15)14-7-8-18-10-9(14)3-2-6-13-10/h2-3,6H,4-5,7-8H2,1H3. The van der Waals surface area contributed by atoms with Crippen LogP contribution in [0.15, 0.2) is 23.4 Å². The molecule has 1 aliphatic carbocycles. The third-order valence-electron chi connectivity index (χ3n) is 3.64. The predicted molar refractivity (Wildman–Crippen MR) is 74.1 cm³/mol. The Hall–Kier alpha value is -1.08. The Bertz CT molecular complexity index is 638. The molecular formula is C12H14N2O3S2. The zero-order chi connectivity index (χ0) is 13.7. The third-order valence-corrected chi connectivity index (χ3v) is 6.62. The van der Waals surface area contributed by atoms with Gasteiger partial charge in [0.15, 0.2) is 14.6 Å². The van der Waals surface area contributed by atoms with Gasteiger partial charge in [0.25, 0.3) is 0 Å². The summed E-state index contributed by atoms with van der Waals surface area (Å²) in [4.78, 5) is 18.4. The van der Waals surface area contributed by atoms with Crippen molar-refractivity contribution >= 4 is 33.2 Å². The van der Waals surface area contributed by atoms with Gasteiger partial charge in [0.2, 0.25) is 5.91 Å². The second-order valence-corrected chi connectivity index (χ2v) is 8.31. The number of hydrogen-bond donors (Lipinski definition) is 0. The summed E-state index contributed by atoms with van der Waals surface area (Å²) in [5, 5.41) is 0.798. The first-order valence-electron chi connectivity index (χ1n) is 6.05. The number of carbonyl (C=O) groups excluding carboxylic acids is 1. The van der Waals surface area contributed by atoms with Crippen LogP contribution in [0.1, 0.15) is 12.8 Å². The highest BCUT2D eigenvalue weighted by Crippen LogP contribution is 2.46. The Balaban J connectivity index is 1.99. The Morgan fingerprint density at radius 2 is 2.21 bits per heavy atom. The molecule has 102 valence electrons. The van der Waals surface area contributed by atoms with E-state index < -0.39 is 14.6 Å². The van der Waals surface area contributed by atoms with Crippen LogP contribution >= 0.6 is 11.8 Å². The molecule has 0 saturated heterocycles. The van der Waals surface area contributed by atoms with Crippen molar-refractivity contribution in [3.63, 3.8) is 0 Å². The van der Waals surface area contributed by atoms with Gasteiger partial charge in [-0.2, -0.15) is 0 Å². The first kappa shape index (κ1) is 12.9. The zero-order valence-corrected chi connectivity index (χ0v) is 12.1. The Kier molecular flexibility index (Phi) is 2.86. The monoisotopic (exact) mass is 298 g/mol. The molecule has 3 rings (SSSR count). The van der Waals surface area contributed by atoms with Gasteiger partial charge in [0, 0.05) is 24.8 Å². The maximum atomic E-state index is 12.6. The van der Waals surface area contributed by atoms with Gasteiger partial charge >= 0.3 is 0 Å². The number of carbonyl (C=O) groups is 1. The van der Waals surface area contributed by atoms with Gasteiger partial charge in [-0.15, -0.1) is 11.8 Å². The van der Waals surface area contributed by atoms with Gasteiger partial charge in [-0.25, -0.2) is 13.4 Å². The van der Waals surface area contributed by atoms with Gasteiger partial charge in [-0.1, -0.05) is 0 Å². The molecule has 2 aliphatic rings. The first-order chi connectivity index (χ1) is 8.96. The molecule has 1 aliphatic heterocycles. The highest BCUT2D eigenvalue weighted by atomic mass is 32.2. The summed E-state index contributed by atoms with van der Waals surface area (Å²) in [5.41, 5.74) is 0.735. The van der Waals surface area contributed by atoms with Crippen LogP contribution < -0.4 is 4.90 Å². The largest absolute Gasteiger partial charge is 0.308 e. The number of amides is 1. The lowest BCUT2D eigenvalue weighted by atomic mass is 10.3. The molecule has 0 aromatic carbocycles. The highest BCUT2D eigenvalue weighted by molar-refractivity contribution is 7.99. The minimum atomic E-state index is -3.36. The summed E-state index contributed by atoms with van der Waals surface area (Å²) >= 11 is 1.59. The van der Waals surface area contributed by atoms with Crippen LogP contribution in [0.5, 0.6) is 0 Å². The molecular weight excluding hydrogens is 284 g/mol. The summed E-state index contributed by atoms with van der Waals surface area (Å²) in [6.45, 7) is 0.541. The van der Waals surface area contributed by atoms with Crippen molar-refractivity contribution in [2.45, 2.75) is 22.6 Å². The fourth-order valence-electron chi connectivity index (χ4n) is 2.37. The lowest BCUT2D eigenvalue weighted by Crippen LogP contribution is -2.47. The molecule has 0 bridgehead atoms. The summed E-state index contributed by atoms with van der Waals surface area (Å²) in [7, 11) is -3.36. The van der Waals surface area contributed by atoms with Gasteiger partial charge < -0.3 is 4.90 Å². The molecule has 0 atom stereocenters. The minimum Gasteiger partial charge on any atom is -0.308 e. The number of sulfone groups is 1. The van der Waals surface area contributed by atoms with Gasteiger partial charge in [0.05, 0.1) is 5.69 Å². The van der Waals surface area contributed by atoms with Crippen LogP contribution in [0.4, 0.5) is 5.69 Å². The molecule has 0 N–H and O–H groups in total. The van der Waals surface area contributed by atoms with E-state index in [4.69, 9.17) is 0 Å². The average Bonchev–Trinajstić information content (AvgIpc) is 3.18. The molecule has 19 heavy (non-hydrogen) atoms. The maximum Gasteiger partial charge on any atom is 0.248 e. The third kappa shape index (κ3) is 1.95. The van der Waals surface area contributed by atoms with E-state index in [2.05, 4.69) is 4.98 Å². The molecule has 1 fully saturated rings. The van der Waals surface area contributed by atoms with Crippen LogP contribution in [0.3, 0.4) is 0 Å². The fourth-order valence-corrected chi connectivity index (χ4v) is 4.57. The number of thioether (sulfide) groups is 1. The first-order valence-corrected chi connectivity index (χ1v) is 8.93. The van der Waals surface area contributed by atoms with Crippen molar-refractivity contribution in [1.82, 2.24) is 4.98 Å². The number of pyridine rings is 1. The zero-order valence-electron chi connectivity index (χ0n) is 10.5. The van der Waals surface area contributed by atoms with Crippen LogP contribution in [0.2, 0.25) is 0 Å². The molecule has 7 heteroatoms. The average molecular weight is 298 g/mol. The van der Waals surface area contributed by atoms with Crippen LogP contribution in [-0.2, 0) is 14.6 Å². The Morgan fingerprint density at radius 1 is 1.47 bits per heavy atom. The van der Waals surface area contributed by atoms with Crippen molar-refractivity contribution in [3.05, 3.63) is 18.3 Å². The second kappa shape index (κ2) is 4.21. The molecule has 1 amide bonds. The molecule has 0 spiro atoms. The summed E-state index contributed by atoms with van der Waals surface area (Å²) in [6, 6.07) is 3.59. The van der Waals surface area contributed by atoms with Crippen molar-refractivity contribution in [2.75, 3.05) is 23.5 Å². The summed E-state index contributed by atoms with van der Waals surface area (Å²) in [6.07, 6.45) is 3.71. The second-order valence-electron chi connectivity index (χ2n) is 4.90. The summed E-state index contributed by atoms with van der Waals surface area (Å²) in [5.74, 6) is 0.458. The van der Waals surface area contributed by atoms with Crippen molar-refractivity contribution in [2.24, 2.45) is 0 Å². The fraction of sp³-hybridized carbons (Fsp3) is 0.500. The minimum absolute atomic E-state index is 0.287. The number of anilines is 1. The van der Waals surface area contributed by atoms with Crippen molar-refractivity contribution in [3.8, 4) is 0 Å². The molecule has 1 aromatic heterocycles. The summed E-state index contributed by atoms with van der Waals surface area (Å²) < 4.78 is 22.5. The molecule has 0 unspecified atom stereocenters. The quantitative estimate of drug-likeness (QED) is 0.818. The van der Waals surface area contributed by atoms with Crippen molar-refractivity contribution in [1.29, 1.82) is 0 Å². The van der Waals surface area contributed by atoms with Crippen molar-refractivity contribution < 1.29 is 13.2 Å². The number of rotatable bonds is 2. The van der Waals surface area contributed by atoms with Gasteiger partial charge in [0.1, 0.15) is 5.03 Å². The molecule has 1 saturated carbocycles. The number of fused-ring (bicyclic) bond motifs is 1. The predicted octanol–water partition coefficient (Wildman–Crippen LogP) is 1.10. The molecule has 2 heterocycles.